The van der Waals surface area contributed by atoms with Gasteiger partial charge in [-0.25, -0.2) is 0 Å². The molecule has 0 radical (unpaired) electrons. The van der Waals surface area contributed by atoms with Crippen molar-refractivity contribution in [1.82, 2.24) is 24.7 Å². The van der Waals surface area contributed by atoms with Crippen LogP contribution in [0.15, 0.2) is 11.6 Å². The zero-order valence-corrected chi connectivity index (χ0v) is 12.3. The molecule has 0 aromatic carbocycles. The zero-order chi connectivity index (χ0) is 13.7. The van der Waals surface area contributed by atoms with Crippen LogP contribution < -0.4 is 10.1 Å². The van der Waals surface area contributed by atoms with Crippen LogP contribution in [-0.4, -0.2) is 33.0 Å². The molecule has 2 rings (SSSR count). The van der Waals surface area contributed by atoms with Crippen molar-refractivity contribution in [2.45, 2.75) is 32.9 Å². The van der Waals surface area contributed by atoms with Crippen molar-refractivity contribution in [1.29, 1.82) is 0 Å². The third-order valence-electron chi connectivity index (χ3n) is 2.91. The molecule has 1 N–H and O–H groups in total. The Bertz CT molecular complexity index is 475. The number of methoxy groups -OCH3 is 1. The third kappa shape index (κ3) is 2.93. The molecule has 0 saturated carbocycles. The van der Waals surface area contributed by atoms with Gasteiger partial charge in [-0.15, -0.1) is 5.10 Å². The molecule has 0 fully saturated rings. The quantitative estimate of drug-likeness (QED) is 0.839. The fourth-order valence-electron chi connectivity index (χ4n) is 2.01. The number of aryl methyl sites for hydroxylation is 1. The molecule has 6 nitrogen and oxygen atoms in total. The van der Waals surface area contributed by atoms with Gasteiger partial charge in [0.1, 0.15) is 5.69 Å². The minimum Gasteiger partial charge on any atom is -0.493 e. The van der Waals surface area contributed by atoms with Gasteiger partial charge in [0.2, 0.25) is 0 Å². The van der Waals surface area contributed by atoms with Gasteiger partial charge in [0.15, 0.2) is 5.75 Å². The van der Waals surface area contributed by atoms with Crippen molar-refractivity contribution in [3.63, 3.8) is 0 Å². The van der Waals surface area contributed by atoms with E-state index < -0.39 is 0 Å². The van der Waals surface area contributed by atoms with Gasteiger partial charge < -0.3 is 10.1 Å². The Morgan fingerprint density at radius 2 is 2.32 bits per heavy atom. The van der Waals surface area contributed by atoms with Crippen molar-refractivity contribution in [3.8, 4) is 5.75 Å². The first-order chi connectivity index (χ1) is 9.31. The van der Waals surface area contributed by atoms with Gasteiger partial charge >= 0.3 is 0 Å². The van der Waals surface area contributed by atoms with Gasteiger partial charge in [0, 0.05) is 11.9 Å². The van der Waals surface area contributed by atoms with E-state index in [1.807, 2.05) is 10.1 Å². The van der Waals surface area contributed by atoms with Gasteiger partial charge in [0.25, 0.3) is 0 Å². The highest BCUT2D eigenvalue weighted by atomic mass is 32.1. The number of rotatable bonds is 7. The topological polar surface area (TPSA) is 64.9 Å². The number of nitrogens with zero attached hydrogens (tertiary/aromatic N) is 4. The second-order valence-corrected chi connectivity index (χ2v) is 4.74. The van der Waals surface area contributed by atoms with Gasteiger partial charge in [-0.05, 0) is 31.4 Å². The van der Waals surface area contributed by atoms with E-state index >= 15 is 0 Å². The van der Waals surface area contributed by atoms with Crippen molar-refractivity contribution in [3.05, 3.63) is 23.0 Å². The summed E-state index contributed by atoms with van der Waals surface area (Å²) in [7, 11) is 1.66. The average molecular weight is 281 g/mol. The predicted molar refractivity (Wildman–Crippen MR) is 74.5 cm³/mol. The fraction of sp³-hybridized carbons (Fsp3) is 0.583. The van der Waals surface area contributed by atoms with Crippen LogP contribution >= 0.6 is 11.5 Å². The van der Waals surface area contributed by atoms with E-state index in [-0.39, 0.29) is 6.04 Å². The molecule has 0 saturated heterocycles. The van der Waals surface area contributed by atoms with Crippen molar-refractivity contribution in [2.24, 2.45) is 0 Å². The average Bonchev–Trinajstić information content (AvgIpc) is 3.08. The lowest BCUT2D eigenvalue weighted by molar-refractivity contribution is 0.398. The summed E-state index contributed by atoms with van der Waals surface area (Å²) in [4.78, 5) is 0. The van der Waals surface area contributed by atoms with Crippen molar-refractivity contribution < 1.29 is 4.74 Å². The molecule has 104 valence electrons. The summed E-state index contributed by atoms with van der Waals surface area (Å²) < 4.78 is 11.3. The first-order valence-corrected chi connectivity index (χ1v) is 7.25. The monoisotopic (exact) mass is 281 g/mol. The smallest absolute Gasteiger partial charge is 0.161 e. The molecule has 1 atom stereocenters. The largest absolute Gasteiger partial charge is 0.493 e. The van der Waals surface area contributed by atoms with Gasteiger partial charge in [0.05, 0.1) is 25.0 Å². The first kappa shape index (κ1) is 14.0. The second-order valence-electron chi connectivity index (χ2n) is 4.13. The SMILES string of the molecule is CCCNC(c1csnn1)c1c(OC)cnn1CC. The fourth-order valence-corrected chi connectivity index (χ4v) is 2.49. The summed E-state index contributed by atoms with van der Waals surface area (Å²) in [6, 6.07) is -0.0314. The molecule has 2 aromatic rings. The molecular formula is C12H19N5OS. The van der Waals surface area contributed by atoms with E-state index in [9.17, 15) is 0 Å². The van der Waals surface area contributed by atoms with E-state index in [0.29, 0.717) is 0 Å². The minimum atomic E-state index is -0.0314. The lowest BCUT2D eigenvalue weighted by atomic mass is 10.1. The molecule has 2 heterocycles. The number of aromatic nitrogens is 4. The second kappa shape index (κ2) is 6.63. The van der Waals surface area contributed by atoms with Crippen molar-refractivity contribution in [2.75, 3.05) is 13.7 Å². The number of hydrogen-bond donors (Lipinski definition) is 1. The molecule has 0 bridgehead atoms. The lowest BCUT2D eigenvalue weighted by Crippen LogP contribution is -2.26. The Morgan fingerprint density at radius 3 is 2.89 bits per heavy atom. The third-order valence-corrected chi connectivity index (χ3v) is 3.43. The highest BCUT2D eigenvalue weighted by molar-refractivity contribution is 7.03. The lowest BCUT2D eigenvalue weighted by Gasteiger charge is -2.18. The molecule has 19 heavy (non-hydrogen) atoms. The van der Waals surface area contributed by atoms with E-state index in [1.54, 1.807) is 13.3 Å². The Balaban J connectivity index is 2.39. The Morgan fingerprint density at radius 1 is 1.47 bits per heavy atom. The summed E-state index contributed by atoms with van der Waals surface area (Å²) in [5.41, 5.74) is 1.91. The highest BCUT2D eigenvalue weighted by Crippen LogP contribution is 2.29. The van der Waals surface area contributed by atoms with Crippen LogP contribution in [-0.2, 0) is 6.54 Å². The molecule has 0 amide bonds. The van der Waals surface area contributed by atoms with Crippen LogP contribution in [0.4, 0.5) is 0 Å². The summed E-state index contributed by atoms with van der Waals surface area (Å²) in [5.74, 6) is 0.781. The van der Waals surface area contributed by atoms with Crippen LogP contribution in [0, 0.1) is 0 Å². The van der Waals surface area contributed by atoms with Gasteiger partial charge in [-0.3, -0.25) is 4.68 Å². The number of ether oxygens (including phenoxy) is 1. The predicted octanol–water partition coefficient (Wildman–Crippen LogP) is 1.85. The van der Waals surface area contributed by atoms with Crippen LogP contribution in [0.2, 0.25) is 0 Å². The maximum Gasteiger partial charge on any atom is 0.161 e. The molecule has 0 aliphatic carbocycles. The first-order valence-electron chi connectivity index (χ1n) is 6.41. The summed E-state index contributed by atoms with van der Waals surface area (Å²) >= 11 is 1.35. The minimum absolute atomic E-state index is 0.0314. The normalized spacial score (nSPS) is 12.6. The molecule has 1 unspecified atom stereocenters. The van der Waals surface area contributed by atoms with Crippen LogP contribution in [0.5, 0.6) is 5.75 Å². The summed E-state index contributed by atoms with van der Waals surface area (Å²) in [6.45, 7) is 5.89. The Hall–Kier alpha value is -1.47. The molecule has 0 aliphatic rings. The summed E-state index contributed by atoms with van der Waals surface area (Å²) in [6.07, 6.45) is 2.80. The van der Waals surface area contributed by atoms with E-state index in [0.717, 1.165) is 36.6 Å². The standard InChI is InChI=1S/C12H19N5OS/c1-4-6-13-11(9-8-19-16-15-9)12-10(18-3)7-14-17(12)5-2/h7-8,11,13H,4-6H2,1-3H3. The molecular weight excluding hydrogens is 262 g/mol. The van der Waals surface area contributed by atoms with Gasteiger partial charge in [-0.2, -0.15) is 5.10 Å². The van der Waals surface area contributed by atoms with Crippen LogP contribution in [0.25, 0.3) is 0 Å². The van der Waals surface area contributed by atoms with E-state index in [2.05, 4.69) is 33.8 Å². The Kier molecular flexibility index (Phi) is 4.86. The maximum absolute atomic E-state index is 5.42. The Labute approximate surface area is 117 Å². The zero-order valence-electron chi connectivity index (χ0n) is 11.5. The molecule has 2 aromatic heterocycles. The number of hydrogen-bond acceptors (Lipinski definition) is 6. The summed E-state index contributed by atoms with van der Waals surface area (Å²) in [5, 5.41) is 14.0. The van der Waals surface area contributed by atoms with E-state index in [1.165, 1.54) is 11.5 Å². The van der Waals surface area contributed by atoms with E-state index in [4.69, 9.17) is 4.74 Å². The maximum atomic E-state index is 5.42. The van der Waals surface area contributed by atoms with Crippen molar-refractivity contribution >= 4 is 11.5 Å². The molecule has 7 heteroatoms. The van der Waals surface area contributed by atoms with Crippen LogP contribution in [0.1, 0.15) is 37.7 Å². The number of nitrogens with one attached hydrogen (secondary N) is 1. The molecule has 0 aliphatic heterocycles. The molecule has 0 spiro atoms. The highest BCUT2D eigenvalue weighted by Gasteiger charge is 2.24. The van der Waals surface area contributed by atoms with Gasteiger partial charge in [-0.1, -0.05) is 11.4 Å². The van der Waals surface area contributed by atoms with Crippen LogP contribution in [0.3, 0.4) is 0 Å².